The van der Waals surface area contributed by atoms with Gasteiger partial charge < -0.3 is 15.2 Å². The molecule has 35 heavy (non-hydrogen) atoms. The van der Waals surface area contributed by atoms with E-state index >= 15 is 0 Å². The van der Waals surface area contributed by atoms with Crippen molar-refractivity contribution in [1.29, 1.82) is 0 Å². The van der Waals surface area contributed by atoms with Crippen LogP contribution in [0, 0.1) is 0 Å². The van der Waals surface area contributed by atoms with Crippen LogP contribution in [0.4, 0.5) is 26.3 Å². The SMILES string of the molecule is CC(NC(=O)c1c(C(F)(F)F)nn(C)c1Oc1ccc(C(F)(F)F)cc1)c1ccc(C(=O)O)cc1. The van der Waals surface area contributed by atoms with E-state index in [1.54, 1.807) is 0 Å². The van der Waals surface area contributed by atoms with E-state index in [0.717, 1.165) is 19.2 Å². The number of carbonyl (C=O) groups is 2. The summed E-state index contributed by atoms with van der Waals surface area (Å²) in [4.78, 5) is 23.9. The summed E-state index contributed by atoms with van der Waals surface area (Å²) in [5.74, 6) is -3.27. The predicted octanol–water partition coefficient (Wildman–Crippen LogP) is 5.44. The van der Waals surface area contributed by atoms with E-state index in [-0.39, 0.29) is 11.3 Å². The Kier molecular flexibility index (Phi) is 6.81. The summed E-state index contributed by atoms with van der Waals surface area (Å²) >= 11 is 0. The minimum atomic E-state index is -5.04. The summed E-state index contributed by atoms with van der Waals surface area (Å²) in [6.45, 7) is 1.47. The van der Waals surface area contributed by atoms with Gasteiger partial charge in [0.15, 0.2) is 5.69 Å². The van der Waals surface area contributed by atoms with Crippen LogP contribution in [0.2, 0.25) is 0 Å². The van der Waals surface area contributed by atoms with Crippen LogP contribution in [0.1, 0.15) is 50.5 Å². The van der Waals surface area contributed by atoms with Gasteiger partial charge in [-0.15, -0.1) is 0 Å². The lowest BCUT2D eigenvalue weighted by Gasteiger charge is -2.16. The second-order valence-electron chi connectivity index (χ2n) is 7.40. The molecule has 7 nitrogen and oxygen atoms in total. The van der Waals surface area contributed by atoms with E-state index in [1.165, 1.54) is 31.2 Å². The average Bonchev–Trinajstić information content (AvgIpc) is 3.10. The molecule has 1 heterocycles. The summed E-state index contributed by atoms with van der Waals surface area (Å²) in [5.41, 5.74) is -3.12. The monoisotopic (exact) mass is 501 g/mol. The van der Waals surface area contributed by atoms with Crippen molar-refractivity contribution in [3.63, 3.8) is 0 Å². The molecule has 13 heteroatoms. The van der Waals surface area contributed by atoms with Gasteiger partial charge in [-0.1, -0.05) is 12.1 Å². The normalized spacial score (nSPS) is 12.8. The number of nitrogens with one attached hydrogen (secondary N) is 1. The summed E-state index contributed by atoms with van der Waals surface area (Å²) in [5, 5.41) is 14.7. The molecule has 1 amide bonds. The molecule has 0 aliphatic heterocycles. The molecule has 0 aliphatic carbocycles. The largest absolute Gasteiger partial charge is 0.478 e. The third-order valence-electron chi connectivity index (χ3n) is 4.89. The number of hydrogen-bond donors (Lipinski definition) is 2. The number of hydrogen-bond acceptors (Lipinski definition) is 4. The standard InChI is InChI=1S/C22H17F6N3O4/c1-11(12-3-5-13(6-4-12)20(33)34)29-18(32)16-17(22(26,27)28)30-31(2)19(16)35-15-9-7-14(8-10-15)21(23,24)25/h3-11H,1-2H3,(H,29,32)(H,33,34). The first kappa shape index (κ1) is 25.6. The van der Waals surface area contributed by atoms with Crippen molar-refractivity contribution in [1.82, 2.24) is 15.1 Å². The molecular formula is C22H17F6N3O4. The Bertz CT molecular complexity index is 1230. The molecule has 186 valence electrons. The molecule has 2 aromatic carbocycles. The van der Waals surface area contributed by atoms with Gasteiger partial charge in [0.1, 0.15) is 11.3 Å². The Morgan fingerprint density at radius 3 is 2.03 bits per heavy atom. The number of carboxylic acid groups (broad SMARTS) is 1. The van der Waals surface area contributed by atoms with E-state index in [2.05, 4.69) is 10.4 Å². The van der Waals surface area contributed by atoms with Crippen molar-refractivity contribution in [3.8, 4) is 11.6 Å². The highest BCUT2D eigenvalue weighted by molar-refractivity contribution is 5.98. The van der Waals surface area contributed by atoms with Gasteiger partial charge in [-0.25, -0.2) is 9.48 Å². The first-order valence-electron chi connectivity index (χ1n) is 9.82. The second-order valence-corrected chi connectivity index (χ2v) is 7.40. The van der Waals surface area contributed by atoms with Gasteiger partial charge in [-0.3, -0.25) is 4.79 Å². The van der Waals surface area contributed by atoms with E-state index in [0.29, 0.717) is 22.4 Å². The number of aryl methyl sites for hydroxylation is 1. The minimum absolute atomic E-state index is 0.0221. The molecule has 0 spiro atoms. The summed E-state index contributed by atoms with van der Waals surface area (Å²) in [6, 6.07) is 7.64. The Hall–Kier alpha value is -4.03. The molecule has 3 rings (SSSR count). The van der Waals surface area contributed by atoms with Crippen LogP contribution in [-0.2, 0) is 19.4 Å². The zero-order chi connectivity index (χ0) is 26.1. The number of benzene rings is 2. The quantitative estimate of drug-likeness (QED) is 0.439. The molecule has 3 aromatic rings. The Labute approximate surface area is 193 Å². The van der Waals surface area contributed by atoms with Gasteiger partial charge in [0, 0.05) is 7.05 Å². The van der Waals surface area contributed by atoms with Gasteiger partial charge in [0.2, 0.25) is 5.88 Å². The van der Waals surface area contributed by atoms with Gasteiger partial charge in [0.25, 0.3) is 5.91 Å². The molecule has 1 unspecified atom stereocenters. The van der Waals surface area contributed by atoms with Crippen molar-refractivity contribution in [2.45, 2.75) is 25.3 Å². The number of ether oxygens (including phenoxy) is 1. The Morgan fingerprint density at radius 2 is 1.54 bits per heavy atom. The van der Waals surface area contributed by atoms with Crippen molar-refractivity contribution in [3.05, 3.63) is 76.5 Å². The lowest BCUT2D eigenvalue weighted by Crippen LogP contribution is -2.28. The number of rotatable bonds is 6. The highest BCUT2D eigenvalue weighted by Crippen LogP contribution is 2.38. The fourth-order valence-corrected chi connectivity index (χ4v) is 3.12. The van der Waals surface area contributed by atoms with Gasteiger partial charge >= 0.3 is 18.3 Å². The number of carbonyl (C=O) groups excluding carboxylic acids is 1. The van der Waals surface area contributed by atoms with E-state index in [1.807, 2.05) is 0 Å². The fraction of sp³-hybridized carbons (Fsp3) is 0.227. The number of alkyl halides is 6. The molecular weight excluding hydrogens is 484 g/mol. The molecule has 0 saturated carbocycles. The number of amides is 1. The van der Waals surface area contributed by atoms with Gasteiger partial charge in [0.05, 0.1) is 17.2 Å². The molecule has 0 saturated heterocycles. The van der Waals surface area contributed by atoms with Crippen LogP contribution in [0.3, 0.4) is 0 Å². The first-order valence-corrected chi connectivity index (χ1v) is 9.82. The average molecular weight is 501 g/mol. The Morgan fingerprint density at radius 1 is 0.971 bits per heavy atom. The topological polar surface area (TPSA) is 93.5 Å². The van der Waals surface area contributed by atoms with Crippen LogP contribution in [0.15, 0.2) is 48.5 Å². The molecule has 0 aliphatic rings. The maximum absolute atomic E-state index is 13.6. The van der Waals surface area contributed by atoms with Crippen LogP contribution in [-0.4, -0.2) is 26.8 Å². The molecule has 0 radical (unpaired) electrons. The molecule has 0 bridgehead atoms. The highest BCUT2D eigenvalue weighted by atomic mass is 19.4. The Balaban J connectivity index is 1.93. The second kappa shape index (κ2) is 9.31. The van der Waals surface area contributed by atoms with Crippen LogP contribution >= 0.6 is 0 Å². The zero-order valence-corrected chi connectivity index (χ0v) is 18.0. The van der Waals surface area contributed by atoms with Crippen molar-refractivity contribution < 1.29 is 45.8 Å². The number of aromatic carboxylic acids is 1. The smallest absolute Gasteiger partial charge is 0.436 e. The van der Waals surface area contributed by atoms with Crippen molar-refractivity contribution in [2.75, 3.05) is 0 Å². The molecule has 2 N–H and O–H groups in total. The van der Waals surface area contributed by atoms with E-state index in [9.17, 15) is 35.9 Å². The van der Waals surface area contributed by atoms with E-state index < -0.39 is 53.0 Å². The predicted molar refractivity (Wildman–Crippen MR) is 109 cm³/mol. The number of nitrogens with zero attached hydrogens (tertiary/aromatic N) is 2. The van der Waals surface area contributed by atoms with Crippen LogP contribution in [0.5, 0.6) is 11.6 Å². The van der Waals surface area contributed by atoms with Crippen LogP contribution in [0.25, 0.3) is 0 Å². The molecule has 1 aromatic heterocycles. The third-order valence-corrected chi connectivity index (χ3v) is 4.89. The van der Waals surface area contributed by atoms with E-state index in [4.69, 9.17) is 9.84 Å². The lowest BCUT2D eigenvalue weighted by molar-refractivity contribution is -0.142. The summed E-state index contributed by atoms with van der Waals surface area (Å²) in [6.07, 6.45) is -9.67. The van der Waals surface area contributed by atoms with Crippen LogP contribution < -0.4 is 10.1 Å². The number of halogens is 6. The summed E-state index contributed by atoms with van der Waals surface area (Å²) in [7, 11) is 1.08. The lowest BCUT2D eigenvalue weighted by atomic mass is 10.1. The zero-order valence-electron chi connectivity index (χ0n) is 18.0. The molecule has 1 atom stereocenters. The molecule has 0 fully saturated rings. The first-order chi connectivity index (χ1) is 16.2. The fourth-order valence-electron chi connectivity index (χ4n) is 3.12. The van der Waals surface area contributed by atoms with Gasteiger partial charge in [-0.05, 0) is 48.9 Å². The van der Waals surface area contributed by atoms with Crippen molar-refractivity contribution in [2.24, 2.45) is 7.05 Å². The highest BCUT2D eigenvalue weighted by Gasteiger charge is 2.42. The van der Waals surface area contributed by atoms with Gasteiger partial charge in [-0.2, -0.15) is 31.4 Å². The third kappa shape index (κ3) is 5.73. The maximum Gasteiger partial charge on any atom is 0.436 e. The number of carboxylic acids is 1. The number of aromatic nitrogens is 2. The minimum Gasteiger partial charge on any atom is -0.478 e. The van der Waals surface area contributed by atoms with Crippen molar-refractivity contribution >= 4 is 11.9 Å². The maximum atomic E-state index is 13.6. The summed E-state index contributed by atoms with van der Waals surface area (Å²) < 4.78 is 85.2.